The summed E-state index contributed by atoms with van der Waals surface area (Å²) < 4.78 is 39.8. The van der Waals surface area contributed by atoms with Crippen molar-refractivity contribution in [1.29, 1.82) is 0 Å². The monoisotopic (exact) mass is 358 g/mol. The van der Waals surface area contributed by atoms with Crippen LogP contribution in [0.5, 0.6) is 0 Å². The highest BCUT2D eigenvalue weighted by Gasteiger charge is 2.32. The summed E-state index contributed by atoms with van der Waals surface area (Å²) in [5.41, 5.74) is 2.14. The fourth-order valence-electron chi connectivity index (χ4n) is 3.56. The normalized spacial score (nSPS) is 16.2. The van der Waals surface area contributed by atoms with E-state index in [4.69, 9.17) is 0 Å². The maximum atomic E-state index is 13.3. The third kappa shape index (κ3) is 3.00. The number of amides is 1. The van der Waals surface area contributed by atoms with Gasteiger partial charge in [0.2, 0.25) is 0 Å². The van der Waals surface area contributed by atoms with Crippen LogP contribution in [0.15, 0.2) is 41.4 Å². The van der Waals surface area contributed by atoms with Crippen LogP contribution in [0.2, 0.25) is 0 Å². The molecule has 2 aromatic carbocycles. The summed E-state index contributed by atoms with van der Waals surface area (Å²) in [4.78, 5) is 18.5. The third-order valence-electron chi connectivity index (χ3n) is 4.89. The molecule has 0 bridgehead atoms. The molecule has 1 amide bonds. The van der Waals surface area contributed by atoms with Crippen molar-refractivity contribution in [3.8, 4) is 11.1 Å². The lowest BCUT2D eigenvalue weighted by molar-refractivity contribution is -0.137. The van der Waals surface area contributed by atoms with Gasteiger partial charge < -0.3 is 4.90 Å². The Morgan fingerprint density at radius 3 is 2.58 bits per heavy atom. The Bertz CT molecular complexity index is 896. The molecule has 2 aliphatic heterocycles. The van der Waals surface area contributed by atoms with Crippen molar-refractivity contribution in [3.05, 3.63) is 58.7 Å². The van der Waals surface area contributed by atoms with Crippen molar-refractivity contribution >= 4 is 12.1 Å². The maximum absolute atomic E-state index is 13.3. The van der Waals surface area contributed by atoms with Gasteiger partial charge in [0.15, 0.2) is 0 Å². The van der Waals surface area contributed by atoms with Crippen molar-refractivity contribution in [2.75, 3.05) is 13.1 Å². The lowest BCUT2D eigenvalue weighted by Crippen LogP contribution is -2.27. The van der Waals surface area contributed by atoms with Crippen LogP contribution >= 0.6 is 0 Å². The number of benzene rings is 2. The summed E-state index contributed by atoms with van der Waals surface area (Å²) in [7, 11) is 0. The van der Waals surface area contributed by atoms with E-state index in [1.807, 2.05) is 0 Å². The maximum Gasteiger partial charge on any atom is 0.416 e. The molecule has 0 radical (unpaired) electrons. The Balaban J connectivity index is 1.78. The number of halogens is 3. The zero-order valence-corrected chi connectivity index (χ0v) is 14.0. The van der Waals surface area contributed by atoms with E-state index >= 15 is 0 Å². The van der Waals surface area contributed by atoms with Crippen molar-refractivity contribution in [2.45, 2.75) is 25.6 Å². The van der Waals surface area contributed by atoms with Crippen LogP contribution in [0.3, 0.4) is 0 Å². The first-order valence-corrected chi connectivity index (χ1v) is 8.57. The van der Waals surface area contributed by atoms with Crippen LogP contribution in [0, 0.1) is 0 Å². The zero-order valence-electron chi connectivity index (χ0n) is 14.0. The van der Waals surface area contributed by atoms with Gasteiger partial charge in [-0.1, -0.05) is 12.1 Å². The quantitative estimate of drug-likeness (QED) is 0.776. The van der Waals surface area contributed by atoms with Crippen molar-refractivity contribution in [1.82, 2.24) is 4.90 Å². The third-order valence-corrected chi connectivity index (χ3v) is 4.89. The lowest BCUT2D eigenvalue weighted by Gasteiger charge is -2.17. The highest BCUT2D eigenvalue weighted by Crippen LogP contribution is 2.37. The molecule has 6 heteroatoms. The summed E-state index contributed by atoms with van der Waals surface area (Å²) in [6, 6.07) is 9.16. The molecule has 0 aromatic heterocycles. The minimum atomic E-state index is -4.42. The van der Waals surface area contributed by atoms with Crippen LogP contribution in [0.4, 0.5) is 13.2 Å². The van der Waals surface area contributed by atoms with E-state index in [9.17, 15) is 18.0 Å². The van der Waals surface area contributed by atoms with Crippen LogP contribution in [-0.2, 0) is 12.7 Å². The molecule has 4 rings (SSSR count). The van der Waals surface area contributed by atoms with E-state index in [0.29, 0.717) is 27.8 Å². The molecule has 2 heterocycles. The topological polar surface area (TPSA) is 32.7 Å². The molecule has 1 fully saturated rings. The first kappa shape index (κ1) is 16.8. The number of likely N-dealkylation sites (tertiary alicyclic amines) is 1. The second kappa shape index (κ2) is 6.27. The molecule has 0 N–H and O–H groups in total. The molecule has 3 nitrogen and oxygen atoms in total. The summed E-state index contributed by atoms with van der Waals surface area (Å²) in [6.45, 7) is 1.71. The Morgan fingerprint density at radius 1 is 1.08 bits per heavy atom. The number of carbonyl (C=O) groups is 1. The van der Waals surface area contributed by atoms with Crippen LogP contribution < -0.4 is 0 Å². The molecular formula is C20H17F3N2O. The minimum absolute atomic E-state index is 0.0679. The number of alkyl halides is 3. The van der Waals surface area contributed by atoms with Gasteiger partial charge in [0.25, 0.3) is 5.91 Å². The molecule has 1 saturated heterocycles. The van der Waals surface area contributed by atoms with Crippen molar-refractivity contribution in [3.63, 3.8) is 0 Å². The Kier molecular flexibility index (Phi) is 4.05. The van der Waals surface area contributed by atoms with Crippen LogP contribution in [0.1, 0.15) is 39.9 Å². The number of carbonyl (C=O) groups excluding carboxylic acids is 1. The Hall–Kier alpha value is -2.63. The number of aliphatic imine (C=N–C) groups is 1. The Labute approximate surface area is 149 Å². The molecular weight excluding hydrogens is 341 g/mol. The fraction of sp³-hybridized carbons (Fsp3) is 0.300. The van der Waals surface area contributed by atoms with E-state index < -0.39 is 11.7 Å². The van der Waals surface area contributed by atoms with E-state index in [1.54, 1.807) is 35.4 Å². The molecule has 0 saturated carbocycles. The summed E-state index contributed by atoms with van der Waals surface area (Å²) in [5, 5.41) is 0. The van der Waals surface area contributed by atoms with Gasteiger partial charge in [-0.05, 0) is 53.8 Å². The molecule has 2 aromatic rings. The number of hydrogen-bond acceptors (Lipinski definition) is 2. The molecule has 26 heavy (non-hydrogen) atoms. The Morgan fingerprint density at radius 2 is 1.85 bits per heavy atom. The van der Waals surface area contributed by atoms with Gasteiger partial charge in [0.1, 0.15) is 0 Å². The average molecular weight is 358 g/mol. The largest absolute Gasteiger partial charge is 0.416 e. The average Bonchev–Trinajstić information content (AvgIpc) is 3.31. The molecule has 0 unspecified atom stereocenters. The van der Waals surface area contributed by atoms with Gasteiger partial charge in [-0.3, -0.25) is 9.79 Å². The smallest absolute Gasteiger partial charge is 0.339 e. The van der Waals surface area contributed by atoms with Gasteiger partial charge in [0, 0.05) is 30.4 Å². The summed E-state index contributed by atoms with van der Waals surface area (Å²) in [6.07, 6.45) is -0.832. The molecule has 0 atom stereocenters. The van der Waals surface area contributed by atoms with Gasteiger partial charge in [-0.15, -0.1) is 0 Å². The van der Waals surface area contributed by atoms with E-state index in [-0.39, 0.29) is 12.5 Å². The second-order valence-corrected chi connectivity index (χ2v) is 6.64. The predicted octanol–water partition coefficient (Wildman–Crippen LogP) is 4.54. The van der Waals surface area contributed by atoms with Gasteiger partial charge in [-0.2, -0.15) is 13.2 Å². The SMILES string of the molecule is O=C(c1cccc(-c2cc(C(F)(F)F)cc3c2C=NC3)c1)N1CCCC1. The van der Waals surface area contributed by atoms with Crippen molar-refractivity contribution in [2.24, 2.45) is 4.99 Å². The summed E-state index contributed by atoms with van der Waals surface area (Å²) in [5.74, 6) is -0.0679. The lowest BCUT2D eigenvalue weighted by atomic mass is 9.93. The zero-order chi connectivity index (χ0) is 18.3. The number of nitrogens with zero attached hydrogens (tertiary/aromatic N) is 2. The number of rotatable bonds is 2. The minimum Gasteiger partial charge on any atom is -0.339 e. The van der Waals surface area contributed by atoms with Crippen LogP contribution in [0.25, 0.3) is 11.1 Å². The van der Waals surface area contributed by atoms with Gasteiger partial charge in [0.05, 0.1) is 12.1 Å². The predicted molar refractivity (Wildman–Crippen MR) is 93.3 cm³/mol. The highest BCUT2D eigenvalue weighted by atomic mass is 19.4. The molecule has 2 aliphatic rings. The number of hydrogen-bond donors (Lipinski definition) is 0. The van der Waals surface area contributed by atoms with E-state index in [2.05, 4.69) is 4.99 Å². The van der Waals surface area contributed by atoms with Gasteiger partial charge >= 0.3 is 6.18 Å². The second-order valence-electron chi connectivity index (χ2n) is 6.64. The molecule has 134 valence electrons. The highest BCUT2D eigenvalue weighted by molar-refractivity contribution is 5.98. The van der Waals surface area contributed by atoms with Crippen LogP contribution in [-0.4, -0.2) is 30.1 Å². The first-order chi connectivity index (χ1) is 12.4. The first-order valence-electron chi connectivity index (χ1n) is 8.57. The standard InChI is InChI=1S/C20H17F3N2O/c21-20(22,23)16-9-15-11-24-12-18(15)17(10-16)13-4-3-5-14(8-13)19(26)25-6-1-2-7-25/h3-5,8-10,12H,1-2,6-7,11H2. The number of fused-ring (bicyclic) bond motifs is 1. The van der Waals surface area contributed by atoms with E-state index in [1.165, 1.54) is 0 Å². The molecule has 0 aliphatic carbocycles. The van der Waals surface area contributed by atoms with E-state index in [0.717, 1.165) is 38.1 Å². The summed E-state index contributed by atoms with van der Waals surface area (Å²) >= 11 is 0. The van der Waals surface area contributed by atoms with Gasteiger partial charge in [-0.25, -0.2) is 0 Å². The van der Waals surface area contributed by atoms with Crippen molar-refractivity contribution < 1.29 is 18.0 Å². The molecule has 0 spiro atoms. The fourth-order valence-corrected chi connectivity index (χ4v) is 3.56.